The van der Waals surface area contributed by atoms with Crippen LogP contribution in [0, 0.1) is 6.92 Å². The number of aryl methyl sites for hydroxylation is 1. The highest BCUT2D eigenvalue weighted by molar-refractivity contribution is 6.74. The minimum Gasteiger partial charge on any atom is -0.414 e. The molecule has 2 aromatic carbocycles. The topological polar surface area (TPSA) is 71.2 Å². The lowest BCUT2D eigenvalue weighted by molar-refractivity contribution is -0.0365. The van der Waals surface area contributed by atoms with Gasteiger partial charge in [0.05, 0.1) is 18.2 Å². The van der Waals surface area contributed by atoms with E-state index in [0.29, 0.717) is 11.6 Å². The van der Waals surface area contributed by atoms with Gasteiger partial charge in [-0.1, -0.05) is 50.6 Å². The number of aromatic nitrogens is 4. The molecule has 0 N–H and O–H groups in total. The second-order valence-electron chi connectivity index (χ2n) is 13.8. The molecule has 1 aliphatic rings. The number of benzene rings is 2. The first kappa shape index (κ1) is 32.4. The highest BCUT2D eigenvalue weighted by atomic mass is 35.5. The Morgan fingerprint density at radius 2 is 1.83 bits per heavy atom. The van der Waals surface area contributed by atoms with E-state index >= 15 is 0 Å². The van der Waals surface area contributed by atoms with E-state index in [-0.39, 0.29) is 22.9 Å². The van der Waals surface area contributed by atoms with Crippen LogP contribution in [0.1, 0.15) is 63.6 Å². The molecule has 0 saturated carbocycles. The molecule has 5 aromatic rings. The van der Waals surface area contributed by atoms with Crippen LogP contribution in [0.15, 0.2) is 83.9 Å². The van der Waals surface area contributed by atoms with E-state index in [2.05, 4.69) is 63.1 Å². The first-order chi connectivity index (χ1) is 21.9. The van der Waals surface area contributed by atoms with Gasteiger partial charge in [-0.05, 0) is 103 Å². The summed E-state index contributed by atoms with van der Waals surface area (Å²) in [6.45, 7) is 14.2. The zero-order chi connectivity index (χ0) is 32.6. The fourth-order valence-electron chi connectivity index (χ4n) is 5.84. The van der Waals surface area contributed by atoms with Crippen LogP contribution < -0.4 is 5.56 Å². The largest absolute Gasteiger partial charge is 0.414 e. The Balaban J connectivity index is 1.40. The van der Waals surface area contributed by atoms with Gasteiger partial charge in [-0.3, -0.25) is 9.78 Å². The van der Waals surface area contributed by atoms with E-state index in [4.69, 9.17) is 25.9 Å². The monoisotopic (exact) mass is 654 g/mol. The number of pyridine rings is 2. The van der Waals surface area contributed by atoms with E-state index in [0.717, 1.165) is 70.4 Å². The van der Waals surface area contributed by atoms with Crippen molar-refractivity contribution in [1.82, 2.24) is 19.3 Å². The van der Waals surface area contributed by atoms with E-state index < -0.39 is 8.32 Å². The van der Waals surface area contributed by atoms with Gasteiger partial charge >= 0.3 is 0 Å². The van der Waals surface area contributed by atoms with Crippen molar-refractivity contribution in [3.05, 3.63) is 106 Å². The van der Waals surface area contributed by atoms with Crippen LogP contribution in [-0.2, 0) is 9.16 Å². The number of ether oxygens (including phenoxy) is 1. The molecule has 6 rings (SSSR count). The van der Waals surface area contributed by atoms with E-state index in [1.54, 1.807) is 10.6 Å². The predicted octanol–water partition coefficient (Wildman–Crippen LogP) is 9.20. The van der Waals surface area contributed by atoms with Crippen LogP contribution in [0.3, 0.4) is 0 Å². The van der Waals surface area contributed by atoms with Crippen LogP contribution in [-0.4, -0.2) is 40.9 Å². The van der Waals surface area contributed by atoms with E-state index in [1.807, 2.05) is 60.4 Å². The number of rotatable bonds is 8. The third kappa shape index (κ3) is 6.62. The Labute approximate surface area is 277 Å². The highest BCUT2D eigenvalue weighted by Gasteiger charge is 2.38. The Kier molecular flexibility index (Phi) is 9.09. The summed E-state index contributed by atoms with van der Waals surface area (Å²) in [5.41, 5.74) is 6.47. The second-order valence-corrected chi connectivity index (χ2v) is 19.1. The van der Waals surface area contributed by atoms with Gasteiger partial charge in [0.15, 0.2) is 14.5 Å². The summed E-state index contributed by atoms with van der Waals surface area (Å²) in [5, 5.41) is 6.78. The zero-order valence-electron chi connectivity index (χ0n) is 27.6. The number of hydrogen-bond acceptors (Lipinski definition) is 5. The molecular weight excluding hydrogens is 612 g/mol. The third-order valence-corrected chi connectivity index (χ3v) is 14.3. The summed E-state index contributed by atoms with van der Waals surface area (Å²) >= 11 is 6.41. The van der Waals surface area contributed by atoms with Gasteiger partial charge in [0.2, 0.25) is 0 Å². The molecular formula is C37H43ClN4O3Si. The molecule has 7 nitrogen and oxygen atoms in total. The summed E-state index contributed by atoms with van der Waals surface area (Å²) in [7, 11) is -2.07. The van der Waals surface area contributed by atoms with Gasteiger partial charge in [-0.2, -0.15) is 5.10 Å². The molecule has 1 fully saturated rings. The number of fused-ring (bicyclic) bond motifs is 1. The Morgan fingerprint density at radius 3 is 2.52 bits per heavy atom. The molecule has 4 heterocycles. The molecule has 1 saturated heterocycles. The summed E-state index contributed by atoms with van der Waals surface area (Å²) < 4.78 is 16.6. The van der Waals surface area contributed by atoms with Gasteiger partial charge in [-0.25, -0.2) is 4.68 Å². The van der Waals surface area contributed by atoms with Gasteiger partial charge < -0.3 is 13.7 Å². The normalized spacial score (nSPS) is 16.5. The SMILES string of the molecule is Cc1cc(-c2nn(C3CCCCO3)c3ccc(-c4ccn([C@H](CO[Si](C)(C)C(C)(C)C)c5cccc(Cl)c5)c(=O)c4)cc23)ccn1. The van der Waals surface area contributed by atoms with Crippen LogP contribution in [0.5, 0.6) is 0 Å². The fourth-order valence-corrected chi connectivity index (χ4v) is 7.05. The van der Waals surface area contributed by atoms with E-state index in [1.165, 1.54) is 0 Å². The maximum absolute atomic E-state index is 13.9. The first-order valence-corrected chi connectivity index (χ1v) is 19.4. The number of hydrogen-bond donors (Lipinski definition) is 0. The molecule has 9 heteroatoms. The van der Waals surface area contributed by atoms with Crippen molar-refractivity contribution in [3.63, 3.8) is 0 Å². The third-order valence-electron chi connectivity index (χ3n) is 9.56. The Bertz CT molecular complexity index is 1920. The quantitative estimate of drug-likeness (QED) is 0.156. The predicted molar refractivity (Wildman–Crippen MR) is 189 cm³/mol. The maximum atomic E-state index is 13.9. The Hall–Kier alpha value is -3.56. The standard InChI is InChI=1S/C37H43ClN4O3Si/c1-25-20-29(15-17-39-25)36-31-22-26(13-14-32(31)42(40-36)35-12-7-8-19-44-35)27-16-18-41(34(43)23-27)33(28-10-9-11-30(38)21-28)24-45-46(5,6)37(2,3)4/h9-11,13-18,20-23,33,35H,7-8,12,19,24H2,1-6H3/t33-,35?/m1/s1. The molecule has 0 aliphatic carbocycles. The van der Waals surface area contributed by atoms with Crippen LogP contribution in [0.2, 0.25) is 23.2 Å². The van der Waals surface area contributed by atoms with Gasteiger partial charge in [0.25, 0.3) is 5.56 Å². The Morgan fingerprint density at radius 1 is 1.02 bits per heavy atom. The molecule has 0 bridgehead atoms. The van der Waals surface area contributed by atoms with Crippen molar-refractivity contribution in [3.8, 4) is 22.4 Å². The van der Waals surface area contributed by atoms with Crippen molar-refractivity contribution < 1.29 is 9.16 Å². The van der Waals surface area contributed by atoms with Gasteiger partial charge in [0.1, 0.15) is 5.69 Å². The molecule has 0 radical (unpaired) electrons. The van der Waals surface area contributed by atoms with Gasteiger partial charge in [0, 0.05) is 46.7 Å². The number of halogens is 1. The van der Waals surface area contributed by atoms with E-state index in [9.17, 15) is 4.79 Å². The summed E-state index contributed by atoms with van der Waals surface area (Å²) in [5.74, 6) is 0. The van der Waals surface area contributed by atoms with Crippen molar-refractivity contribution in [1.29, 1.82) is 0 Å². The first-order valence-electron chi connectivity index (χ1n) is 16.1. The molecule has 3 aromatic heterocycles. The summed E-state index contributed by atoms with van der Waals surface area (Å²) in [6, 6.07) is 21.5. The highest BCUT2D eigenvalue weighted by Crippen LogP contribution is 2.38. The number of nitrogens with zero attached hydrogens (tertiary/aromatic N) is 4. The van der Waals surface area contributed by atoms with Crippen LogP contribution in [0.4, 0.5) is 0 Å². The zero-order valence-corrected chi connectivity index (χ0v) is 29.3. The van der Waals surface area contributed by atoms with Crippen molar-refractivity contribution >= 4 is 30.8 Å². The fraction of sp³-hybridized carbons (Fsp3) is 0.378. The van der Waals surface area contributed by atoms with Crippen LogP contribution in [0.25, 0.3) is 33.3 Å². The smallest absolute Gasteiger partial charge is 0.251 e. The van der Waals surface area contributed by atoms with Crippen molar-refractivity contribution in [2.75, 3.05) is 13.2 Å². The molecule has 0 spiro atoms. The maximum Gasteiger partial charge on any atom is 0.251 e. The minimum atomic E-state index is -2.07. The average molecular weight is 655 g/mol. The van der Waals surface area contributed by atoms with Crippen molar-refractivity contribution in [2.24, 2.45) is 0 Å². The molecule has 46 heavy (non-hydrogen) atoms. The lowest BCUT2D eigenvalue weighted by Gasteiger charge is -2.37. The second kappa shape index (κ2) is 12.9. The molecule has 1 unspecified atom stereocenters. The summed E-state index contributed by atoms with van der Waals surface area (Å²) in [4.78, 5) is 18.3. The molecule has 2 atom stereocenters. The van der Waals surface area contributed by atoms with Gasteiger partial charge in [-0.15, -0.1) is 0 Å². The molecule has 1 aliphatic heterocycles. The molecule has 240 valence electrons. The average Bonchev–Trinajstić information content (AvgIpc) is 3.41. The van der Waals surface area contributed by atoms with Crippen LogP contribution >= 0.6 is 11.6 Å². The van der Waals surface area contributed by atoms with Crippen molar-refractivity contribution in [2.45, 2.75) is 77.4 Å². The molecule has 0 amide bonds. The summed E-state index contributed by atoms with van der Waals surface area (Å²) in [6.07, 6.45) is 6.72. The lowest BCUT2D eigenvalue weighted by Crippen LogP contribution is -2.43. The lowest BCUT2D eigenvalue weighted by atomic mass is 10.0. The minimum absolute atomic E-state index is 0.0457.